The number of rotatable bonds is 15. The average molecular weight is 718 g/mol. The first-order chi connectivity index (χ1) is 24.7. The number of aliphatic hydroxyl groups is 1. The molecule has 0 radical (unpaired) electrons. The van der Waals surface area contributed by atoms with Gasteiger partial charge in [-0.25, -0.2) is 8.42 Å². The van der Waals surface area contributed by atoms with Crippen LogP contribution in [-0.4, -0.2) is 82.1 Å². The number of ether oxygens (including phenoxy) is 4. The highest BCUT2D eigenvalue weighted by Gasteiger charge is 2.32. The zero-order valence-electron chi connectivity index (χ0n) is 28.2. The summed E-state index contributed by atoms with van der Waals surface area (Å²) in [7, 11) is -0.897. The number of hydrogen-bond acceptors (Lipinski definition) is 10. The van der Waals surface area contributed by atoms with Gasteiger partial charge in [0.15, 0.2) is 11.2 Å². The minimum absolute atomic E-state index is 0.0300. The van der Waals surface area contributed by atoms with E-state index < -0.39 is 34.7 Å². The van der Waals surface area contributed by atoms with Crippen molar-refractivity contribution in [1.29, 1.82) is 0 Å². The van der Waals surface area contributed by atoms with Crippen LogP contribution in [0, 0.1) is 0 Å². The predicted molar refractivity (Wildman–Crippen MR) is 189 cm³/mol. The first kappa shape index (κ1) is 35.7. The van der Waals surface area contributed by atoms with Crippen molar-refractivity contribution in [3.8, 4) is 11.5 Å². The summed E-state index contributed by atoms with van der Waals surface area (Å²) in [6.45, 7) is -0.525. The molecule has 0 saturated carbocycles. The lowest BCUT2D eigenvalue weighted by molar-refractivity contribution is -0.146. The summed E-state index contributed by atoms with van der Waals surface area (Å²) < 4.78 is 56.2. The number of allylic oxidation sites excluding steroid dienone is 1. The molecule has 2 aromatic heterocycles. The van der Waals surface area contributed by atoms with Crippen LogP contribution in [0.4, 0.5) is 0 Å². The van der Waals surface area contributed by atoms with E-state index in [2.05, 4.69) is 10.3 Å². The molecule has 268 valence electrons. The fourth-order valence-electron chi connectivity index (χ4n) is 6.02. The molecule has 5 aromatic rings. The Morgan fingerprint density at radius 2 is 1.78 bits per heavy atom. The van der Waals surface area contributed by atoms with Crippen LogP contribution in [0.25, 0.3) is 21.9 Å². The topological polar surface area (TPSA) is 170 Å². The molecule has 13 nitrogen and oxygen atoms in total. The van der Waals surface area contributed by atoms with E-state index in [1.54, 1.807) is 37.5 Å². The number of amides is 1. The number of sulfonamides is 1. The Morgan fingerprint density at radius 1 is 1.02 bits per heavy atom. The molecule has 3 aromatic carbocycles. The number of nitrogens with one attached hydrogen (secondary N) is 2. The molecule has 3 heterocycles. The number of fused-ring (bicyclic) bond motifs is 2. The van der Waals surface area contributed by atoms with Gasteiger partial charge >= 0.3 is 0 Å². The molecular formula is C37H39N3O10S. The lowest BCUT2D eigenvalue weighted by Gasteiger charge is -2.30. The SMILES string of the molecule is COc1ccc(S(=O)(=O)N(CCO)CCOC2CC(c3coc4ccccc4c3=O)C=C(C(=O)NCCc3c[nH]c4ccc(OC)cc34)O2)cc1. The van der Waals surface area contributed by atoms with Crippen LogP contribution in [0.1, 0.15) is 23.5 Å². The molecule has 0 aliphatic carbocycles. The highest BCUT2D eigenvalue weighted by Crippen LogP contribution is 2.31. The van der Waals surface area contributed by atoms with Gasteiger partial charge in [-0.15, -0.1) is 0 Å². The van der Waals surface area contributed by atoms with E-state index in [-0.39, 0.29) is 48.7 Å². The molecule has 0 spiro atoms. The second-order valence-electron chi connectivity index (χ2n) is 11.8. The zero-order valence-corrected chi connectivity index (χ0v) is 29.0. The van der Waals surface area contributed by atoms with Crippen molar-refractivity contribution in [3.05, 3.63) is 112 Å². The van der Waals surface area contributed by atoms with Gasteiger partial charge in [-0.05, 0) is 72.7 Å². The Kier molecular flexibility index (Phi) is 11.1. The maximum atomic E-state index is 13.5. The van der Waals surface area contributed by atoms with Gasteiger partial charge in [-0.2, -0.15) is 4.31 Å². The molecule has 3 N–H and O–H groups in total. The summed E-state index contributed by atoms with van der Waals surface area (Å²) in [5.41, 5.74) is 2.46. The fourth-order valence-corrected chi connectivity index (χ4v) is 7.43. The Bertz CT molecular complexity index is 2190. The number of benzene rings is 3. The molecule has 1 aliphatic heterocycles. The maximum Gasteiger partial charge on any atom is 0.286 e. The third-order valence-electron chi connectivity index (χ3n) is 8.73. The van der Waals surface area contributed by atoms with E-state index in [4.69, 9.17) is 23.4 Å². The number of carbonyl (C=O) groups excluding carboxylic acids is 1. The number of nitrogens with zero attached hydrogens (tertiary/aromatic N) is 1. The molecular weight excluding hydrogens is 678 g/mol. The lowest BCUT2D eigenvalue weighted by Crippen LogP contribution is -2.38. The largest absolute Gasteiger partial charge is 0.497 e. The molecule has 0 bridgehead atoms. The maximum absolute atomic E-state index is 13.5. The summed E-state index contributed by atoms with van der Waals surface area (Å²) in [4.78, 5) is 30.3. The van der Waals surface area contributed by atoms with Gasteiger partial charge < -0.3 is 38.8 Å². The number of hydrogen-bond donors (Lipinski definition) is 3. The molecule has 14 heteroatoms. The zero-order chi connectivity index (χ0) is 36.0. The minimum atomic E-state index is -3.98. The van der Waals surface area contributed by atoms with Crippen molar-refractivity contribution in [1.82, 2.24) is 14.6 Å². The van der Waals surface area contributed by atoms with Crippen LogP contribution >= 0.6 is 0 Å². The van der Waals surface area contributed by atoms with Crippen molar-refractivity contribution in [2.24, 2.45) is 0 Å². The van der Waals surface area contributed by atoms with Crippen molar-refractivity contribution in [3.63, 3.8) is 0 Å². The molecule has 2 atom stereocenters. The third kappa shape index (κ3) is 7.94. The van der Waals surface area contributed by atoms with Gasteiger partial charge in [0.05, 0.1) is 44.0 Å². The summed E-state index contributed by atoms with van der Waals surface area (Å²) in [6, 6.07) is 18.5. The molecule has 1 amide bonds. The van der Waals surface area contributed by atoms with E-state index in [0.717, 1.165) is 26.5 Å². The van der Waals surface area contributed by atoms with Gasteiger partial charge in [0, 0.05) is 54.6 Å². The van der Waals surface area contributed by atoms with Gasteiger partial charge in [0.25, 0.3) is 5.91 Å². The van der Waals surface area contributed by atoms with E-state index in [9.17, 15) is 23.1 Å². The Morgan fingerprint density at radius 3 is 2.55 bits per heavy atom. The number of carbonyl (C=O) groups is 1. The molecule has 1 aliphatic rings. The van der Waals surface area contributed by atoms with E-state index in [0.29, 0.717) is 28.7 Å². The molecule has 0 fully saturated rings. The van der Waals surface area contributed by atoms with Crippen molar-refractivity contribution in [2.75, 3.05) is 47.1 Å². The second kappa shape index (κ2) is 15.8. The summed E-state index contributed by atoms with van der Waals surface area (Å²) in [5, 5.41) is 13.9. The van der Waals surface area contributed by atoms with Gasteiger partial charge in [-0.3, -0.25) is 9.59 Å². The molecule has 6 rings (SSSR count). The van der Waals surface area contributed by atoms with Crippen LogP contribution in [0.3, 0.4) is 0 Å². The minimum Gasteiger partial charge on any atom is -0.497 e. The normalized spacial score (nSPS) is 16.2. The summed E-state index contributed by atoms with van der Waals surface area (Å²) in [6.07, 6.45) is 4.53. The number of methoxy groups -OCH3 is 2. The van der Waals surface area contributed by atoms with Crippen molar-refractivity contribution >= 4 is 37.8 Å². The van der Waals surface area contributed by atoms with E-state index in [1.807, 2.05) is 24.4 Å². The molecule has 2 unspecified atom stereocenters. The Balaban J connectivity index is 1.18. The van der Waals surface area contributed by atoms with Crippen LogP contribution in [0.15, 0.2) is 105 Å². The number of aliphatic hydroxyl groups excluding tert-OH is 1. The Labute approximate surface area is 294 Å². The number of aromatic amines is 1. The summed E-state index contributed by atoms with van der Waals surface area (Å²) >= 11 is 0. The lowest BCUT2D eigenvalue weighted by atomic mass is 9.93. The first-order valence-electron chi connectivity index (χ1n) is 16.4. The van der Waals surface area contributed by atoms with Gasteiger partial charge in [-0.1, -0.05) is 12.1 Å². The van der Waals surface area contributed by atoms with Crippen LogP contribution in [0.5, 0.6) is 11.5 Å². The molecule has 51 heavy (non-hydrogen) atoms. The van der Waals surface area contributed by atoms with Crippen LogP contribution < -0.4 is 20.2 Å². The predicted octanol–water partition coefficient (Wildman–Crippen LogP) is 4.06. The standard InChI is InChI=1S/C37H39N3O10S/c1-46-26-7-10-28(11-8-26)51(44,45)40(15-17-41)16-18-48-35-20-25(31-23-49-33-6-4-3-5-29(33)36(31)42)19-34(50-35)37(43)38-14-13-24-22-39-32-12-9-27(47-2)21-30(24)32/h3-12,19,21-23,25,35,39,41H,13-18,20H2,1-2H3,(H,38,43). The first-order valence-corrected chi connectivity index (χ1v) is 17.8. The quantitative estimate of drug-likeness (QED) is 0.144. The van der Waals surface area contributed by atoms with Crippen molar-refractivity contribution < 1.29 is 41.7 Å². The Hall–Kier alpha value is -5.15. The third-order valence-corrected chi connectivity index (χ3v) is 10.6. The fraction of sp³-hybridized carbons (Fsp3) is 0.297. The van der Waals surface area contributed by atoms with Gasteiger partial charge in [0.2, 0.25) is 16.3 Å². The average Bonchev–Trinajstić information content (AvgIpc) is 3.56. The molecule has 0 saturated heterocycles. The monoisotopic (exact) mass is 717 g/mol. The van der Waals surface area contributed by atoms with E-state index >= 15 is 0 Å². The number of H-pyrrole nitrogens is 1. The highest BCUT2D eigenvalue weighted by molar-refractivity contribution is 7.89. The number of aromatic nitrogens is 1. The number of para-hydroxylation sites is 1. The second-order valence-corrected chi connectivity index (χ2v) is 13.8. The summed E-state index contributed by atoms with van der Waals surface area (Å²) in [5.74, 6) is 0.0774. The smallest absolute Gasteiger partial charge is 0.286 e. The van der Waals surface area contributed by atoms with Gasteiger partial charge in [0.1, 0.15) is 17.1 Å². The van der Waals surface area contributed by atoms with Crippen LogP contribution in [0.2, 0.25) is 0 Å². The van der Waals surface area contributed by atoms with E-state index in [1.165, 1.54) is 37.6 Å². The highest BCUT2D eigenvalue weighted by atomic mass is 32.2. The van der Waals surface area contributed by atoms with Crippen molar-refractivity contribution in [2.45, 2.75) is 29.9 Å². The van der Waals surface area contributed by atoms with Crippen LogP contribution in [-0.2, 0) is 30.7 Å².